The Hall–Kier alpha value is -5.62. The number of ether oxygens (including phenoxy) is 2. The third-order valence-corrected chi connectivity index (χ3v) is 13.7. The summed E-state index contributed by atoms with van der Waals surface area (Å²) < 4.78 is 12.3. The number of hydrogen-bond acceptors (Lipinski definition) is 10. The number of aromatic nitrogens is 1. The molecule has 1 saturated carbocycles. The van der Waals surface area contributed by atoms with Gasteiger partial charge in [-0.15, -0.1) is 0 Å². The first-order valence-corrected chi connectivity index (χ1v) is 20.9. The van der Waals surface area contributed by atoms with E-state index >= 15 is 0 Å². The number of piperidine rings is 2. The summed E-state index contributed by atoms with van der Waals surface area (Å²) in [4.78, 5) is 48.6. The molecule has 300 valence electrons. The minimum atomic E-state index is -0.751. The fourth-order valence-corrected chi connectivity index (χ4v) is 10.7. The molecule has 10 rings (SSSR count). The first-order valence-electron chi connectivity index (χ1n) is 20.9. The number of benzene rings is 3. The molecule has 12 heteroatoms. The largest absolute Gasteiger partial charge is 0.508 e. The molecule has 5 aliphatic heterocycles. The molecule has 1 aliphatic carbocycles. The Labute approximate surface area is 338 Å². The van der Waals surface area contributed by atoms with Gasteiger partial charge in [-0.2, -0.15) is 0 Å². The van der Waals surface area contributed by atoms with Gasteiger partial charge in [0.05, 0.1) is 12.6 Å². The molecule has 1 aromatic heterocycles. The fraction of sp³-hybridized carbons (Fsp3) is 0.435. The lowest BCUT2D eigenvalue weighted by molar-refractivity contribution is -0.134. The van der Waals surface area contributed by atoms with Crippen molar-refractivity contribution in [2.45, 2.75) is 62.4 Å². The number of anilines is 2. The van der Waals surface area contributed by atoms with Crippen LogP contribution in [0.15, 0.2) is 84.9 Å². The molecule has 6 aliphatic rings. The average Bonchev–Trinajstić information content (AvgIpc) is 3.24. The Kier molecular flexibility index (Phi) is 9.46. The summed E-state index contributed by atoms with van der Waals surface area (Å²) >= 11 is 0. The Morgan fingerprint density at radius 3 is 2.50 bits per heavy atom. The van der Waals surface area contributed by atoms with Crippen LogP contribution < -0.4 is 29.9 Å². The van der Waals surface area contributed by atoms with Crippen LogP contribution in [0, 0.1) is 11.3 Å². The van der Waals surface area contributed by atoms with Crippen LogP contribution in [0.2, 0.25) is 0 Å². The monoisotopic (exact) mass is 782 g/mol. The van der Waals surface area contributed by atoms with Crippen molar-refractivity contribution in [3.63, 3.8) is 0 Å². The molecule has 12 nitrogen and oxygen atoms in total. The Morgan fingerprint density at radius 2 is 1.71 bits per heavy atom. The highest BCUT2D eigenvalue weighted by Crippen LogP contribution is 2.53. The average molecular weight is 783 g/mol. The quantitative estimate of drug-likeness (QED) is 0.215. The highest BCUT2D eigenvalue weighted by molar-refractivity contribution is 6.03. The SMILES string of the molecule is O=C1CCC(NC(=O)c2ccc3c(n2)OC[C@H]2CN(CC4CC5(CCN(c6ccc([C@@H]7c8ccc(O)cc8OC[C@@H]7c7ccccc7)cc6)CC5)C4)CCN32)C(=O)N1. The number of rotatable bonds is 7. The van der Waals surface area contributed by atoms with E-state index in [4.69, 9.17) is 9.47 Å². The minimum Gasteiger partial charge on any atom is -0.508 e. The van der Waals surface area contributed by atoms with Crippen LogP contribution in [-0.2, 0) is 9.59 Å². The lowest BCUT2D eigenvalue weighted by Crippen LogP contribution is -2.59. The van der Waals surface area contributed by atoms with Crippen LogP contribution >= 0.6 is 0 Å². The molecule has 0 bridgehead atoms. The third kappa shape index (κ3) is 7.01. The molecular weight excluding hydrogens is 733 g/mol. The summed E-state index contributed by atoms with van der Waals surface area (Å²) in [6, 6.07) is 28.4. The van der Waals surface area contributed by atoms with Gasteiger partial charge in [-0.1, -0.05) is 48.5 Å². The van der Waals surface area contributed by atoms with Gasteiger partial charge in [0.2, 0.25) is 17.7 Å². The van der Waals surface area contributed by atoms with Gasteiger partial charge in [0.25, 0.3) is 5.91 Å². The van der Waals surface area contributed by atoms with Crippen molar-refractivity contribution < 1.29 is 29.0 Å². The zero-order valence-electron chi connectivity index (χ0n) is 32.6. The van der Waals surface area contributed by atoms with Crippen molar-refractivity contribution >= 4 is 29.1 Å². The number of aromatic hydroxyl groups is 1. The first kappa shape index (κ1) is 36.7. The topological polar surface area (TPSA) is 137 Å². The standard InChI is InChI=1S/C46H50N6O6/c53-34-10-11-35-40(22-34)57-28-36(30-4-2-1-3-5-30)42(35)31-6-8-32(9-7-31)51-18-16-46(17-19-51)23-29(24-46)25-50-20-21-52-33(26-50)27-58-45-39(52)14-12-38(48-45)43(55)47-37-13-15-41(54)49-44(37)56/h1-12,14,22,29,33,36-37,42,53H,13,15-21,23-28H2,(H,47,55)(H,49,54,56)/t33-,36-,37?,42-/m1/s1. The molecule has 3 aromatic carbocycles. The van der Waals surface area contributed by atoms with E-state index in [-0.39, 0.29) is 48.1 Å². The lowest BCUT2D eigenvalue weighted by atomic mass is 9.57. The summed E-state index contributed by atoms with van der Waals surface area (Å²) in [5, 5.41) is 15.1. The van der Waals surface area contributed by atoms with Crippen molar-refractivity contribution in [2.75, 3.05) is 62.3 Å². The number of carbonyl (C=O) groups excluding carboxylic acids is 3. The maximum absolute atomic E-state index is 12.9. The van der Waals surface area contributed by atoms with Crippen LogP contribution in [0.5, 0.6) is 17.4 Å². The van der Waals surface area contributed by atoms with E-state index in [0.717, 1.165) is 62.2 Å². The zero-order valence-corrected chi connectivity index (χ0v) is 32.6. The number of phenols is 1. The molecule has 6 heterocycles. The second-order valence-corrected chi connectivity index (χ2v) is 17.3. The molecule has 3 amide bonds. The van der Waals surface area contributed by atoms with E-state index < -0.39 is 17.9 Å². The number of pyridine rings is 1. The smallest absolute Gasteiger partial charge is 0.270 e. The molecule has 3 N–H and O–H groups in total. The summed E-state index contributed by atoms with van der Waals surface area (Å²) in [5.74, 6) is 1.24. The number of fused-ring (bicyclic) bond motifs is 4. The predicted molar refractivity (Wildman–Crippen MR) is 219 cm³/mol. The third-order valence-electron chi connectivity index (χ3n) is 13.7. The van der Waals surface area contributed by atoms with E-state index in [1.807, 2.05) is 12.1 Å². The fourth-order valence-electron chi connectivity index (χ4n) is 10.7. The van der Waals surface area contributed by atoms with Gasteiger partial charge < -0.3 is 29.7 Å². The number of imide groups is 1. The molecule has 1 spiro atoms. The molecule has 4 aromatic rings. The summed E-state index contributed by atoms with van der Waals surface area (Å²) in [6.45, 7) is 7.19. The summed E-state index contributed by atoms with van der Waals surface area (Å²) in [7, 11) is 0. The zero-order chi connectivity index (χ0) is 39.4. The second-order valence-electron chi connectivity index (χ2n) is 17.3. The molecule has 58 heavy (non-hydrogen) atoms. The van der Waals surface area contributed by atoms with Gasteiger partial charge >= 0.3 is 0 Å². The molecule has 0 radical (unpaired) electrons. The molecular formula is C46H50N6O6. The predicted octanol–water partition coefficient (Wildman–Crippen LogP) is 5.21. The van der Waals surface area contributed by atoms with Crippen LogP contribution in [0.25, 0.3) is 0 Å². The van der Waals surface area contributed by atoms with Crippen molar-refractivity contribution in [1.82, 2.24) is 20.5 Å². The van der Waals surface area contributed by atoms with E-state index in [0.29, 0.717) is 24.5 Å². The van der Waals surface area contributed by atoms with Crippen molar-refractivity contribution in [3.8, 4) is 17.4 Å². The van der Waals surface area contributed by atoms with Gasteiger partial charge in [-0.3, -0.25) is 24.6 Å². The van der Waals surface area contributed by atoms with E-state index in [1.54, 1.807) is 18.2 Å². The van der Waals surface area contributed by atoms with Crippen molar-refractivity contribution in [3.05, 3.63) is 107 Å². The Bertz CT molecular complexity index is 2200. The van der Waals surface area contributed by atoms with Gasteiger partial charge in [0.1, 0.15) is 35.5 Å². The summed E-state index contributed by atoms with van der Waals surface area (Å²) in [5.41, 5.74) is 6.51. The van der Waals surface area contributed by atoms with Crippen LogP contribution in [0.4, 0.5) is 11.4 Å². The Morgan fingerprint density at radius 1 is 0.897 bits per heavy atom. The molecule has 3 saturated heterocycles. The highest BCUT2D eigenvalue weighted by Gasteiger charge is 2.47. The van der Waals surface area contributed by atoms with E-state index in [2.05, 4.69) is 84.9 Å². The van der Waals surface area contributed by atoms with Gasteiger partial charge in [0.15, 0.2) is 0 Å². The van der Waals surface area contributed by atoms with Gasteiger partial charge in [-0.25, -0.2) is 4.98 Å². The molecule has 4 atom stereocenters. The van der Waals surface area contributed by atoms with Gasteiger partial charge in [-0.05, 0) is 84.9 Å². The highest BCUT2D eigenvalue weighted by atomic mass is 16.5. The number of amides is 3. The first-order chi connectivity index (χ1) is 28.3. The number of piperazine rings is 1. The molecule has 1 unspecified atom stereocenters. The number of phenolic OH excluding ortho intramolecular Hbond substituents is 1. The normalized spacial score (nSPS) is 25.3. The Balaban J connectivity index is 0.712. The van der Waals surface area contributed by atoms with Crippen molar-refractivity contribution in [1.29, 1.82) is 0 Å². The maximum atomic E-state index is 12.9. The van der Waals surface area contributed by atoms with Crippen LogP contribution in [-0.4, -0.2) is 97.3 Å². The van der Waals surface area contributed by atoms with Gasteiger partial charge in [0, 0.05) is 74.8 Å². The molecule has 4 fully saturated rings. The number of nitrogens with zero attached hydrogens (tertiary/aromatic N) is 4. The number of nitrogens with one attached hydrogen (secondary N) is 2. The lowest BCUT2D eigenvalue weighted by Gasteiger charge is -2.54. The van der Waals surface area contributed by atoms with E-state index in [1.165, 1.54) is 42.5 Å². The van der Waals surface area contributed by atoms with Crippen LogP contribution in [0.1, 0.15) is 77.5 Å². The second kappa shape index (κ2) is 15.0. The van der Waals surface area contributed by atoms with E-state index in [9.17, 15) is 19.5 Å². The number of carbonyl (C=O) groups is 3. The minimum absolute atomic E-state index is 0.140. The van der Waals surface area contributed by atoms with Crippen LogP contribution in [0.3, 0.4) is 0 Å². The summed E-state index contributed by atoms with van der Waals surface area (Å²) in [6.07, 6.45) is 5.55. The van der Waals surface area contributed by atoms with Crippen molar-refractivity contribution in [2.24, 2.45) is 11.3 Å². The maximum Gasteiger partial charge on any atom is 0.270 e. The number of hydrogen-bond donors (Lipinski definition) is 3.